The molecule has 5 amide bonds. The summed E-state index contributed by atoms with van der Waals surface area (Å²) < 4.78 is 0. The molecule has 3 heterocycles. The Hall–Kier alpha value is -3.85. The normalized spacial score (nSPS) is 28.3. The monoisotopic (exact) mass is 512 g/mol. The molecule has 2 aromatic rings. The summed E-state index contributed by atoms with van der Waals surface area (Å²) in [6, 6.07) is 10.7. The van der Waals surface area contributed by atoms with Crippen molar-refractivity contribution in [3.63, 3.8) is 0 Å². The van der Waals surface area contributed by atoms with Gasteiger partial charge in [0.25, 0.3) is 11.8 Å². The van der Waals surface area contributed by atoms with Crippen LogP contribution in [-0.4, -0.2) is 94.9 Å². The minimum Gasteiger partial charge on any atom is -0.339 e. The van der Waals surface area contributed by atoms with Crippen molar-refractivity contribution in [2.24, 2.45) is 23.7 Å². The fraction of sp³-hybridized carbons (Fsp3) is 0.414. The standard InChI is InChI=1S/C29H28N4O5/c34-22(16-33-26(35)20-5-1-3-17-4-2-6-21(23(17)20)27(33)36)31-12-9-30(10-13-31)11-14-32-28(37)24-18-7-8-19(15-18)25(24)29(32)38/h1-8,18-19,24-25H,9-16H2/t18-,19+,24-,25+. The molecule has 194 valence electrons. The lowest BCUT2D eigenvalue weighted by molar-refractivity contribution is -0.141. The minimum atomic E-state index is -0.445. The maximum Gasteiger partial charge on any atom is 0.261 e. The van der Waals surface area contributed by atoms with Crippen LogP contribution in [-0.2, 0) is 14.4 Å². The maximum absolute atomic E-state index is 13.1. The fourth-order valence-electron chi connectivity index (χ4n) is 7.11. The highest BCUT2D eigenvalue weighted by molar-refractivity contribution is 6.26. The number of hydrogen-bond acceptors (Lipinski definition) is 6. The largest absolute Gasteiger partial charge is 0.339 e. The van der Waals surface area contributed by atoms with Gasteiger partial charge in [0, 0.05) is 55.8 Å². The molecule has 4 atom stereocenters. The van der Waals surface area contributed by atoms with Crippen LogP contribution >= 0.6 is 0 Å². The van der Waals surface area contributed by atoms with Gasteiger partial charge in [-0.3, -0.25) is 38.7 Å². The van der Waals surface area contributed by atoms with E-state index in [1.807, 2.05) is 12.1 Å². The highest BCUT2D eigenvalue weighted by Gasteiger charge is 2.59. The molecule has 3 fully saturated rings. The molecule has 9 nitrogen and oxygen atoms in total. The Kier molecular flexibility index (Phi) is 5.26. The van der Waals surface area contributed by atoms with E-state index in [4.69, 9.17) is 0 Å². The van der Waals surface area contributed by atoms with Crippen molar-refractivity contribution in [3.05, 3.63) is 59.7 Å². The van der Waals surface area contributed by atoms with E-state index in [1.165, 1.54) is 4.90 Å². The molecule has 0 N–H and O–H groups in total. The second-order valence-electron chi connectivity index (χ2n) is 11.0. The number of allylic oxidation sites excluding steroid dienone is 2. The number of benzene rings is 2. The fourth-order valence-corrected chi connectivity index (χ4v) is 7.11. The molecule has 3 aliphatic heterocycles. The van der Waals surface area contributed by atoms with Crippen LogP contribution in [0.25, 0.3) is 10.8 Å². The van der Waals surface area contributed by atoms with Gasteiger partial charge in [-0.15, -0.1) is 0 Å². The van der Waals surface area contributed by atoms with E-state index in [9.17, 15) is 24.0 Å². The minimum absolute atomic E-state index is 0.0289. The van der Waals surface area contributed by atoms with E-state index in [-0.39, 0.29) is 47.9 Å². The first-order valence-electron chi connectivity index (χ1n) is 13.3. The zero-order chi connectivity index (χ0) is 26.1. The molecular weight excluding hydrogens is 484 g/mol. The second kappa shape index (κ2) is 8.59. The van der Waals surface area contributed by atoms with Crippen LogP contribution in [0.2, 0.25) is 0 Å². The molecule has 9 heteroatoms. The lowest BCUT2D eigenvalue weighted by Gasteiger charge is -2.36. The third-order valence-corrected chi connectivity index (χ3v) is 9.08. The number of rotatable bonds is 5. The van der Waals surface area contributed by atoms with E-state index in [0.29, 0.717) is 55.8 Å². The highest BCUT2D eigenvalue weighted by atomic mass is 16.2. The summed E-state index contributed by atoms with van der Waals surface area (Å²) in [7, 11) is 0. The van der Waals surface area contributed by atoms with Gasteiger partial charge in [0.2, 0.25) is 17.7 Å². The molecule has 38 heavy (non-hydrogen) atoms. The molecule has 2 aromatic carbocycles. The van der Waals surface area contributed by atoms with Crippen molar-refractivity contribution in [2.45, 2.75) is 6.42 Å². The molecule has 5 aliphatic rings. The van der Waals surface area contributed by atoms with E-state index < -0.39 is 11.8 Å². The summed E-state index contributed by atoms with van der Waals surface area (Å²) in [6.45, 7) is 2.78. The molecule has 2 bridgehead atoms. The number of likely N-dealkylation sites (tertiary alicyclic amines) is 1. The summed E-state index contributed by atoms with van der Waals surface area (Å²) in [5.74, 6) is -1.14. The molecular formula is C29H28N4O5. The molecule has 1 saturated carbocycles. The first-order valence-corrected chi connectivity index (χ1v) is 13.3. The van der Waals surface area contributed by atoms with E-state index in [0.717, 1.165) is 16.7 Å². The van der Waals surface area contributed by atoms with Crippen LogP contribution < -0.4 is 0 Å². The number of carbonyl (C=O) groups excluding carboxylic acids is 5. The van der Waals surface area contributed by atoms with Crippen molar-refractivity contribution in [2.75, 3.05) is 45.8 Å². The topological polar surface area (TPSA) is 98.3 Å². The van der Waals surface area contributed by atoms with Gasteiger partial charge in [0.05, 0.1) is 11.8 Å². The van der Waals surface area contributed by atoms with Crippen LogP contribution in [0.4, 0.5) is 0 Å². The van der Waals surface area contributed by atoms with Gasteiger partial charge in [-0.25, -0.2) is 0 Å². The number of piperazine rings is 1. The molecule has 0 radical (unpaired) electrons. The predicted octanol–water partition coefficient (Wildman–Crippen LogP) is 1.39. The van der Waals surface area contributed by atoms with Crippen molar-refractivity contribution in [1.82, 2.24) is 19.6 Å². The number of carbonyl (C=O) groups is 5. The number of fused-ring (bicyclic) bond motifs is 5. The summed E-state index contributed by atoms with van der Waals surface area (Å²) in [6.07, 6.45) is 5.12. The van der Waals surface area contributed by atoms with Crippen LogP contribution in [0, 0.1) is 23.7 Å². The first-order chi connectivity index (χ1) is 18.4. The third-order valence-electron chi connectivity index (χ3n) is 9.08. The number of hydrogen-bond donors (Lipinski definition) is 0. The van der Waals surface area contributed by atoms with E-state index in [1.54, 1.807) is 29.2 Å². The number of nitrogens with zero attached hydrogens (tertiary/aromatic N) is 4. The zero-order valence-electron chi connectivity index (χ0n) is 20.9. The average Bonchev–Trinajstić information content (AvgIpc) is 3.62. The number of imide groups is 2. The summed E-state index contributed by atoms with van der Waals surface area (Å²) in [5.41, 5.74) is 0.878. The third kappa shape index (κ3) is 3.37. The quantitative estimate of drug-likeness (QED) is 0.444. The second-order valence-corrected chi connectivity index (χ2v) is 11.0. The molecule has 2 aliphatic carbocycles. The van der Waals surface area contributed by atoms with Gasteiger partial charge in [-0.1, -0.05) is 36.4 Å². The molecule has 2 saturated heterocycles. The molecule has 7 rings (SSSR count). The summed E-state index contributed by atoms with van der Waals surface area (Å²) in [5, 5.41) is 1.47. The van der Waals surface area contributed by atoms with Crippen LogP contribution in [0.1, 0.15) is 27.1 Å². The Morgan fingerprint density at radius 2 is 1.32 bits per heavy atom. The molecule has 0 aromatic heterocycles. The highest BCUT2D eigenvalue weighted by Crippen LogP contribution is 2.52. The zero-order valence-corrected chi connectivity index (χ0v) is 20.9. The first kappa shape index (κ1) is 23.3. The van der Waals surface area contributed by atoms with Crippen molar-refractivity contribution < 1.29 is 24.0 Å². The lowest BCUT2D eigenvalue weighted by Crippen LogP contribution is -2.54. The van der Waals surface area contributed by atoms with Gasteiger partial charge in [-0.05, 0) is 35.8 Å². The van der Waals surface area contributed by atoms with Gasteiger partial charge in [0.1, 0.15) is 6.54 Å². The Morgan fingerprint density at radius 3 is 1.89 bits per heavy atom. The van der Waals surface area contributed by atoms with Crippen molar-refractivity contribution >= 4 is 40.3 Å². The van der Waals surface area contributed by atoms with Gasteiger partial charge >= 0.3 is 0 Å². The van der Waals surface area contributed by atoms with Gasteiger partial charge in [0.15, 0.2) is 0 Å². The Bertz CT molecular complexity index is 1360. The molecule has 0 unspecified atom stereocenters. The Morgan fingerprint density at radius 1 is 0.737 bits per heavy atom. The molecule has 0 spiro atoms. The van der Waals surface area contributed by atoms with E-state index >= 15 is 0 Å². The van der Waals surface area contributed by atoms with Crippen molar-refractivity contribution in [1.29, 1.82) is 0 Å². The maximum atomic E-state index is 13.1. The summed E-state index contributed by atoms with van der Waals surface area (Å²) >= 11 is 0. The van der Waals surface area contributed by atoms with Crippen LogP contribution in [0.5, 0.6) is 0 Å². The lowest BCUT2D eigenvalue weighted by atomic mass is 9.85. The number of amides is 5. The predicted molar refractivity (Wildman–Crippen MR) is 137 cm³/mol. The van der Waals surface area contributed by atoms with Crippen LogP contribution in [0.3, 0.4) is 0 Å². The van der Waals surface area contributed by atoms with Gasteiger partial charge < -0.3 is 4.90 Å². The summed E-state index contributed by atoms with van der Waals surface area (Å²) in [4.78, 5) is 71.5. The van der Waals surface area contributed by atoms with Crippen molar-refractivity contribution in [3.8, 4) is 0 Å². The Labute approximate surface area is 219 Å². The van der Waals surface area contributed by atoms with E-state index in [2.05, 4.69) is 17.1 Å². The Balaban J connectivity index is 0.948. The smallest absolute Gasteiger partial charge is 0.261 e. The van der Waals surface area contributed by atoms with Gasteiger partial charge in [-0.2, -0.15) is 0 Å². The average molecular weight is 513 g/mol. The SMILES string of the molecule is O=C(CN1C(=O)c2cccc3cccc(c23)C1=O)N1CCN(CCN2C(=O)[C@@H]3[C@H](C2=O)[C@@H]2C=C[C@H]3C2)CC1. The van der Waals surface area contributed by atoms with Crippen LogP contribution in [0.15, 0.2) is 48.6 Å².